The molecule has 18 heavy (non-hydrogen) atoms. The molecule has 0 radical (unpaired) electrons. The van der Waals surface area contributed by atoms with Crippen LogP contribution in [0.1, 0.15) is 35.9 Å². The minimum atomic E-state index is -4.21. The van der Waals surface area contributed by atoms with Crippen LogP contribution in [0, 0.1) is 0 Å². The zero-order valence-corrected chi connectivity index (χ0v) is 10.0. The van der Waals surface area contributed by atoms with Gasteiger partial charge in [0.2, 0.25) is 0 Å². The summed E-state index contributed by atoms with van der Waals surface area (Å²) in [5, 5.41) is 2.46. The summed E-state index contributed by atoms with van der Waals surface area (Å²) in [5.74, 6) is 0.589. The van der Waals surface area contributed by atoms with E-state index in [0.717, 1.165) is 5.56 Å². The first-order valence-electron chi connectivity index (χ1n) is 6.09. The predicted molar refractivity (Wildman–Crippen MR) is 64.3 cm³/mol. The molecule has 1 aromatic carbocycles. The fraction of sp³-hybridized carbons (Fsp3) is 0.538. The molecule has 0 spiro atoms. The maximum absolute atomic E-state index is 12.2. The molecule has 1 aliphatic rings. The highest BCUT2D eigenvalue weighted by molar-refractivity contribution is 5.31. The third-order valence-corrected chi connectivity index (χ3v) is 3.15. The molecule has 1 saturated carbocycles. The molecule has 0 aromatic heterocycles. The van der Waals surface area contributed by atoms with E-state index in [9.17, 15) is 13.2 Å². The van der Waals surface area contributed by atoms with Crippen LogP contribution < -0.4 is 11.1 Å². The lowest BCUT2D eigenvalue weighted by Gasteiger charge is -2.19. The number of nitrogens with one attached hydrogen (secondary N) is 1. The van der Waals surface area contributed by atoms with Gasteiger partial charge < -0.3 is 11.1 Å². The normalized spacial score (nSPS) is 17.8. The Balaban J connectivity index is 2.04. The van der Waals surface area contributed by atoms with E-state index in [2.05, 4.69) is 5.32 Å². The van der Waals surface area contributed by atoms with Crippen molar-refractivity contribution in [3.05, 3.63) is 35.4 Å². The topological polar surface area (TPSA) is 38.0 Å². The van der Waals surface area contributed by atoms with E-state index in [1.54, 1.807) is 0 Å². The summed E-state index contributed by atoms with van der Waals surface area (Å²) >= 11 is 0. The molecule has 2 nitrogen and oxygen atoms in total. The second kappa shape index (κ2) is 5.28. The van der Waals surface area contributed by atoms with Gasteiger partial charge in [0.05, 0.1) is 6.54 Å². The van der Waals surface area contributed by atoms with Crippen LogP contribution in [0.3, 0.4) is 0 Å². The molecule has 0 saturated heterocycles. The lowest BCUT2D eigenvalue weighted by atomic mass is 10.0. The molecule has 0 bridgehead atoms. The molecule has 0 amide bonds. The maximum atomic E-state index is 12.2. The Morgan fingerprint density at radius 1 is 1.33 bits per heavy atom. The third kappa shape index (κ3) is 3.71. The lowest BCUT2D eigenvalue weighted by molar-refractivity contribution is -0.126. The molecular formula is C13H17F3N2. The molecular weight excluding hydrogens is 241 g/mol. The molecule has 100 valence electrons. The second-order valence-electron chi connectivity index (χ2n) is 4.73. The van der Waals surface area contributed by atoms with E-state index >= 15 is 0 Å². The van der Waals surface area contributed by atoms with Crippen LogP contribution in [0.25, 0.3) is 0 Å². The Kier molecular flexibility index (Phi) is 3.92. The van der Waals surface area contributed by atoms with Crippen molar-refractivity contribution in [1.82, 2.24) is 5.32 Å². The van der Waals surface area contributed by atoms with Gasteiger partial charge >= 0.3 is 6.18 Å². The first-order chi connectivity index (χ1) is 8.49. The molecule has 2 rings (SSSR count). The SMILES string of the molecule is NCC(NCC(F)(F)F)c1cccc(C2CC2)c1. The average Bonchev–Trinajstić information content (AvgIpc) is 3.12. The lowest BCUT2D eigenvalue weighted by Crippen LogP contribution is -2.35. The monoisotopic (exact) mass is 258 g/mol. The van der Waals surface area contributed by atoms with Gasteiger partial charge in [-0.3, -0.25) is 0 Å². The predicted octanol–water partition coefficient (Wildman–Crippen LogP) is 2.72. The third-order valence-electron chi connectivity index (χ3n) is 3.15. The molecule has 5 heteroatoms. The number of rotatable bonds is 5. The molecule has 1 aromatic rings. The number of hydrogen-bond donors (Lipinski definition) is 2. The van der Waals surface area contributed by atoms with E-state index in [4.69, 9.17) is 5.73 Å². The Bertz CT molecular complexity index is 399. The van der Waals surface area contributed by atoms with E-state index in [1.165, 1.54) is 18.4 Å². The fourth-order valence-electron chi connectivity index (χ4n) is 2.02. The van der Waals surface area contributed by atoms with Crippen molar-refractivity contribution in [2.24, 2.45) is 5.73 Å². The van der Waals surface area contributed by atoms with Crippen molar-refractivity contribution in [3.63, 3.8) is 0 Å². The zero-order chi connectivity index (χ0) is 13.2. The van der Waals surface area contributed by atoms with Crippen LogP contribution in [0.4, 0.5) is 13.2 Å². The number of alkyl halides is 3. The smallest absolute Gasteiger partial charge is 0.329 e. The van der Waals surface area contributed by atoms with E-state index in [-0.39, 0.29) is 6.54 Å². The highest BCUT2D eigenvalue weighted by atomic mass is 19.4. The standard InChI is InChI=1S/C13H17F3N2/c14-13(15,16)8-18-12(7-17)11-3-1-2-10(6-11)9-4-5-9/h1-3,6,9,12,18H,4-5,7-8,17H2. The molecule has 3 N–H and O–H groups in total. The zero-order valence-electron chi connectivity index (χ0n) is 10.0. The average molecular weight is 258 g/mol. The first kappa shape index (κ1) is 13.4. The molecule has 1 unspecified atom stereocenters. The van der Waals surface area contributed by atoms with Crippen LogP contribution in [0.15, 0.2) is 24.3 Å². The van der Waals surface area contributed by atoms with Crippen LogP contribution in [0.2, 0.25) is 0 Å². The second-order valence-corrected chi connectivity index (χ2v) is 4.73. The molecule has 1 aliphatic carbocycles. The fourth-order valence-corrected chi connectivity index (χ4v) is 2.02. The first-order valence-corrected chi connectivity index (χ1v) is 6.09. The van der Waals surface area contributed by atoms with Gasteiger partial charge in [-0.1, -0.05) is 24.3 Å². The Morgan fingerprint density at radius 3 is 2.61 bits per heavy atom. The largest absolute Gasteiger partial charge is 0.401 e. The van der Waals surface area contributed by atoms with Gasteiger partial charge in [-0.15, -0.1) is 0 Å². The Hall–Kier alpha value is -1.07. The van der Waals surface area contributed by atoms with Gasteiger partial charge in [0.25, 0.3) is 0 Å². The van der Waals surface area contributed by atoms with Gasteiger partial charge in [-0.05, 0) is 29.9 Å². The van der Waals surface area contributed by atoms with Crippen LogP contribution >= 0.6 is 0 Å². The van der Waals surface area contributed by atoms with E-state index < -0.39 is 18.8 Å². The van der Waals surface area contributed by atoms with Crippen molar-refractivity contribution < 1.29 is 13.2 Å². The quantitative estimate of drug-likeness (QED) is 0.852. The minimum Gasteiger partial charge on any atom is -0.329 e. The summed E-state index contributed by atoms with van der Waals surface area (Å²) < 4.78 is 36.5. The summed E-state index contributed by atoms with van der Waals surface area (Å²) in [5.41, 5.74) is 7.59. The minimum absolute atomic E-state index is 0.157. The summed E-state index contributed by atoms with van der Waals surface area (Å²) in [6, 6.07) is 7.27. The van der Waals surface area contributed by atoms with Gasteiger partial charge in [-0.2, -0.15) is 13.2 Å². The highest BCUT2D eigenvalue weighted by Crippen LogP contribution is 2.40. The summed E-state index contributed by atoms with van der Waals surface area (Å²) in [4.78, 5) is 0. The van der Waals surface area contributed by atoms with Crippen molar-refractivity contribution in [1.29, 1.82) is 0 Å². The van der Waals surface area contributed by atoms with Gasteiger partial charge in [0.15, 0.2) is 0 Å². The highest BCUT2D eigenvalue weighted by Gasteiger charge is 2.28. The number of benzene rings is 1. The molecule has 1 fully saturated rings. The molecule has 0 aliphatic heterocycles. The number of halogens is 3. The van der Waals surface area contributed by atoms with Crippen molar-refractivity contribution >= 4 is 0 Å². The molecule has 1 atom stereocenters. The Morgan fingerprint density at radius 2 is 2.06 bits per heavy atom. The van der Waals surface area contributed by atoms with Gasteiger partial charge in [0.1, 0.15) is 0 Å². The van der Waals surface area contributed by atoms with Crippen molar-refractivity contribution in [2.75, 3.05) is 13.1 Å². The summed E-state index contributed by atoms with van der Waals surface area (Å²) in [6.07, 6.45) is -1.86. The van der Waals surface area contributed by atoms with Crippen LogP contribution in [-0.4, -0.2) is 19.3 Å². The maximum Gasteiger partial charge on any atom is 0.401 e. The van der Waals surface area contributed by atoms with Crippen LogP contribution in [-0.2, 0) is 0 Å². The van der Waals surface area contributed by atoms with Gasteiger partial charge in [0, 0.05) is 12.6 Å². The van der Waals surface area contributed by atoms with E-state index in [1.807, 2.05) is 24.3 Å². The Labute approximate surface area is 104 Å². The van der Waals surface area contributed by atoms with Gasteiger partial charge in [-0.25, -0.2) is 0 Å². The number of nitrogens with two attached hydrogens (primary N) is 1. The number of hydrogen-bond acceptors (Lipinski definition) is 2. The molecule has 0 heterocycles. The van der Waals surface area contributed by atoms with E-state index in [0.29, 0.717) is 5.92 Å². The summed E-state index contributed by atoms with van der Waals surface area (Å²) in [6.45, 7) is -0.854. The van der Waals surface area contributed by atoms with Crippen molar-refractivity contribution in [3.8, 4) is 0 Å². The van der Waals surface area contributed by atoms with Crippen molar-refractivity contribution in [2.45, 2.75) is 31.0 Å². The summed E-state index contributed by atoms with van der Waals surface area (Å²) in [7, 11) is 0. The van der Waals surface area contributed by atoms with Crippen LogP contribution in [0.5, 0.6) is 0 Å².